The summed E-state index contributed by atoms with van der Waals surface area (Å²) in [5.41, 5.74) is 1.17. The Morgan fingerprint density at radius 2 is 1.70 bits per heavy atom. The fourth-order valence-corrected chi connectivity index (χ4v) is 4.41. The van der Waals surface area contributed by atoms with Crippen molar-refractivity contribution in [3.05, 3.63) is 63.0 Å². The maximum absolute atomic E-state index is 13.2. The van der Waals surface area contributed by atoms with Crippen molar-refractivity contribution in [1.29, 1.82) is 0 Å². The number of likely N-dealkylation sites (N-methyl/N-ethyl adjacent to an activating group) is 1. The molecule has 2 aromatic rings. The smallest absolute Gasteiger partial charge is 0.244 e. The fourth-order valence-electron chi connectivity index (χ4n) is 2.84. The monoisotopic (exact) mass is 559 g/mol. The van der Waals surface area contributed by atoms with Gasteiger partial charge in [-0.05, 0) is 48.9 Å². The Bertz CT molecular complexity index is 1010. The molecule has 162 valence electrons. The van der Waals surface area contributed by atoms with Gasteiger partial charge in [-0.15, -0.1) is 0 Å². The van der Waals surface area contributed by atoms with E-state index in [0.717, 1.165) is 25.1 Å². The lowest BCUT2D eigenvalue weighted by molar-refractivity contribution is -0.139. The molecule has 2 amide bonds. The van der Waals surface area contributed by atoms with Crippen molar-refractivity contribution in [3.8, 4) is 0 Å². The number of hydrogen-bond donors (Lipinski definition) is 1. The third kappa shape index (κ3) is 6.55. The molecule has 0 aliphatic carbocycles. The van der Waals surface area contributed by atoms with Crippen LogP contribution in [0.2, 0.25) is 0 Å². The van der Waals surface area contributed by atoms with Gasteiger partial charge in [0, 0.05) is 22.5 Å². The van der Waals surface area contributed by atoms with Crippen molar-refractivity contribution in [2.24, 2.45) is 0 Å². The van der Waals surface area contributed by atoms with E-state index in [1.165, 1.54) is 11.9 Å². The molecule has 0 bridgehead atoms. The first-order valence-corrected chi connectivity index (χ1v) is 12.4. The van der Waals surface area contributed by atoms with Crippen LogP contribution in [0.15, 0.2) is 57.5 Å². The van der Waals surface area contributed by atoms with Crippen molar-refractivity contribution >= 4 is 59.4 Å². The van der Waals surface area contributed by atoms with Gasteiger partial charge in [0.25, 0.3) is 0 Å². The molecule has 0 aliphatic heterocycles. The molecule has 2 rings (SSSR count). The van der Waals surface area contributed by atoms with Crippen LogP contribution in [-0.2, 0) is 26.2 Å². The fraction of sp³-hybridized carbons (Fsp3) is 0.300. The summed E-state index contributed by atoms with van der Waals surface area (Å²) in [5.74, 6) is -0.827. The summed E-state index contributed by atoms with van der Waals surface area (Å²) in [6.45, 7) is 1.35. The molecule has 0 saturated heterocycles. The first-order valence-electron chi connectivity index (χ1n) is 9.01. The average Bonchev–Trinajstić information content (AvgIpc) is 2.69. The molecular weight excluding hydrogens is 538 g/mol. The van der Waals surface area contributed by atoms with E-state index >= 15 is 0 Å². The Morgan fingerprint density at radius 3 is 2.23 bits per heavy atom. The molecule has 30 heavy (non-hydrogen) atoms. The van der Waals surface area contributed by atoms with Gasteiger partial charge in [-0.25, -0.2) is 8.42 Å². The highest BCUT2D eigenvalue weighted by Crippen LogP contribution is 2.22. The summed E-state index contributed by atoms with van der Waals surface area (Å²) in [5, 5.41) is 2.54. The SMILES string of the molecule is CNC(=O)C(C)N(Cc1cccc(Br)c1)C(=O)CN(c1ccc(Br)cc1)S(C)(=O)=O. The van der Waals surface area contributed by atoms with Gasteiger partial charge in [0.15, 0.2) is 0 Å². The van der Waals surface area contributed by atoms with Gasteiger partial charge in [-0.2, -0.15) is 0 Å². The van der Waals surface area contributed by atoms with Gasteiger partial charge < -0.3 is 10.2 Å². The lowest BCUT2D eigenvalue weighted by atomic mass is 10.1. The minimum Gasteiger partial charge on any atom is -0.357 e. The highest BCUT2D eigenvalue weighted by Gasteiger charge is 2.29. The van der Waals surface area contributed by atoms with Crippen molar-refractivity contribution < 1.29 is 18.0 Å². The normalized spacial score (nSPS) is 12.2. The number of carbonyl (C=O) groups is 2. The number of halogens is 2. The number of nitrogens with one attached hydrogen (secondary N) is 1. The summed E-state index contributed by atoms with van der Waals surface area (Å²) >= 11 is 6.71. The molecule has 1 atom stereocenters. The van der Waals surface area contributed by atoms with Crippen LogP contribution in [0.1, 0.15) is 12.5 Å². The molecular formula is C20H23Br2N3O4S. The molecule has 0 aromatic heterocycles. The predicted octanol–water partition coefficient (Wildman–Crippen LogP) is 3.14. The zero-order valence-corrected chi connectivity index (χ0v) is 20.8. The second-order valence-corrected chi connectivity index (χ2v) is 10.4. The quantitative estimate of drug-likeness (QED) is 0.537. The van der Waals surface area contributed by atoms with Crippen LogP contribution in [0.3, 0.4) is 0 Å². The zero-order valence-electron chi connectivity index (χ0n) is 16.8. The van der Waals surface area contributed by atoms with Gasteiger partial charge in [-0.3, -0.25) is 13.9 Å². The van der Waals surface area contributed by atoms with Crippen LogP contribution < -0.4 is 9.62 Å². The van der Waals surface area contributed by atoms with Crippen LogP contribution in [0.25, 0.3) is 0 Å². The predicted molar refractivity (Wildman–Crippen MR) is 125 cm³/mol. The number of sulfonamides is 1. The molecule has 0 heterocycles. The highest BCUT2D eigenvalue weighted by atomic mass is 79.9. The molecule has 0 saturated carbocycles. The molecule has 0 fully saturated rings. The van der Waals surface area contributed by atoms with E-state index < -0.39 is 28.5 Å². The van der Waals surface area contributed by atoms with Crippen molar-refractivity contribution in [3.63, 3.8) is 0 Å². The maximum Gasteiger partial charge on any atom is 0.244 e. The molecule has 10 heteroatoms. The van der Waals surface area contributed by atoms with Crippen LogP contribution in [0.5, 0.6) is 0 Å². The standard InChI is InChI=1S/C20H23Br2N3O4S/c1-14(20(27)23-2)24(12-15-5-4-6-17(22)11-15)19(26)13-25(30(3,28)29)18-9-7-16(21)8-10-18/h4-11,14H,12-13H2,1-3H3,(H,23,27). The van der Waals surface area contributed by atoms with E-state index in [0.29, 0.717) is 5.69 Å². The van der Waals surface area contributed by atoms with Gasteiger partial charge >= 0.3 is 0 Å². The summed E-state index contributed by atoms with van der Waals surface area (Å²) < 4.78 is 27.5. The molecule has 1 unspecified atom stereocenters. The number of anilines is 1. The Morgan fingerprint density at radius 1 is 1.07 bits per heavy atom. The number of nitrogens with zero attached hydrogens (tertiary/aromatic N) is 2. The lowest BCUT2D eigenvalue weighted by Crippen LogP contribution is -2.50. The summed E-state index contributed by atoms with van der Waals surface area (Å²) in [6.07, 6.45) is 1.04. The number of carbonyl (C=O) groups excluding carboxylic acids is 2. The number of amides is 2. The Balaban J connectivity index is 2.36. The Kier molecular flexibility index (Phi) is 8.45. The van der Waals surface area contributed by atoms with Crippen molar-refractivity contribution in [2.45, 2.75) is 19.5 Å². The molecule has 1 N–H and O–H groups in total. The molecule has 0 radical (unpaired) electrons. The molecule has 0 aliphatic rings. The van der Waals surface area contributed by atoms with Gasteiger partial charge in [-0.1, -0.05) is 44.0 Å². The minimum atomic E-state index is -3.73. The van der Waals surface area contributed by atoms with Gasteiger partial charge in [0.05, 0.1) is 11.9 Å². The molecule has 7 nitrogen and oxygen atoms in total. The van der Waals surface area contributed by atoms with Crippen LogP contribution in [0, 0.1) is 0 Å². The van der Waals surface area contributed by atoms with E-state index in [1.54, 1.807) is 31.2 Å². The van der Waals surface area contributed by atoms with Crippen molar-refractivity contribution in [2.75, 3.05) is 24.2 Å². The number of hydrogen-bond acceptors (Lipinski definition) is 4. The largest absolute Gasteiger partial charge is 0.357 e. The van der Waals surface area contributed by atoms with E-state index in [2.05, 4.69) is 37.2 Å². The van der Waals surface area contributed by atoms with Gasteiger partial charge in [0.2, 0.25) is 21.8 Å². The Labute approximate surface area is 193 Å². The van der Waals surface area contributed by atoms with Crippen LogP contribution >= 0.6 is 31.9 Å². The van der Waals surface area contributed by atoms with Crippen molar-refractivity contribution in [1.82, 2.24) is 10.2 Å². The summed E-state index contributed by atoms with van der Waals surface area (Å²) in [4.78, 5) is 26.8. The first-order chi connectivity index (χ1) is 14.0. The second-order valence-electron chi connectivity index (χ2n) is 6.69. The second kappa shape index (κ2) is 10.4. The van der Waals surface area contributed by atoms with Gasteiger partial charge in [0.1, 0.15) is 12.6 Å². The van der Waals surface area contributed by atoms with Crippen LogP contribution in [0.4, 0.5) is 5.69 Å². The highest BCUT2D eigenvalue weighted by molar-refractivity contribution is 9.10. The topological polar surface area (TPSA) is 86.8 Å². The summed E-state index contributed by atoms with van der Waals surface area (Å²) in [6, 6.07) is 13.2. The lowest BCUT2D eigenvalue weighted by Gasteiger charge is -2.31. The van der Waals surface area contributed by atoms with E-state index in [9.17, 15) is 18.0 Å². The molecule has 0 spiro atoms. The number of benzene rings is 2. The first kappa shape index (κ1) is 24.4. The third-order valence-electron chi connectivity index (χ3n) is 4.45. The zero-order chi connectivity index (χ0) is 22.5. The third-order valence-corrected chi connectivity index (χ3v) is 6.61. The molecule has 2 aromatic carbocycles. The Hall–Kier alpha value is -1.91. The van der Waals surface area contributed by atoms with E-state index in [4.69, 9.17) is 0 Å². The van der Waals surface area contributed by atoms with E-state index in [-0.39, 0.29) is 12.5 Å². The minimum absolute atomic E-state index is 0.158. The average molecular weight is 561 g/mol. The number of rotatable bonds is 8. The van der Waals surface area contributed by atoms with E-state index in [1.807, 2.05) is 24.3 Å². The maximum atomic E-state index is 13.2. The summed E-state index contributed by atoms with van der Waals surface area (Å²) in [7, 11) is -2.24. The van der Waals surface area contributed by atoms with Crippen LogP contribution in [-0.4, -0.2) is 51.0 Å².